The zero-order valence-electron chi connectivity index (χ0n) is 19.3. The number of benzene rings is 2. The van der Waals surface area contributed by atoms with Crippen LogP contribution in [0.5, 0.6) is 0 Å². The van der Waals surface area contributed by atoms with Crippen LogP contribution < -0.4 is 15.1 Å². The predicted molar refractivity (Wildman–Crippen MR) is 128 cm³/mol. The van der Waals surface area contributed by atoms with E-state index in [1.807, 2.05) is 6.08 Å². The van der Waals surface area contributed by atoms with E-state index in [4.69, 9.17) is 0 Å². The van der Waals surface area contributed by atoms with Crippen LogP contribution in [0.25, 0.3) is 0 Å². The molecular formula is C26H37N3O. The van der Waals surface area contributed by atoms with Crippen LogP contribution in [0.15, 0.2) is 61.2 Å². The van der Waals surface area contributed by atoms with Gasteiger partial charge < -0.3 is 20.2 Å². The normalized spacial score (nSPS) is 28.8. The fraction of sp³-hybridized carbons (Fsp3) is 0.462. The van der Waals surface area contributed by atoms with Crippen molar-refractivity contribution in [2.75, 3.05) is 38.0 Å². The summed E-state index contributed by atoms with van der Waals surface area (Å²) < 4.78 is 0. The van der Waals surface area contributed by atoms with E-state index in [2.05, 4.69) is 112 Å². The Kier molecular flexibility index (Phi) is 6.59. The third-order valence-electron chi connectivity index (χ3n) is 6.94. The largest absolute Gasteiger partial charge is 0.389 e. The predicted octanol–water partition coefficient (Wildman–Crippen LogP) is 4.78. The summed E-state index contributed by atoms with van der Waals surface area (Å²) in [6.07, 6.45) is 2.44. The first kappa shape index (κ1) is 22.4. The number of aliphatic hydroxyl groups is 1. The first-order valence-corrected chi connectivity index (χ1v) is 10.8. The lowest BCUT2D eigenvalue weighted by Gasteiger charge is -2.52. The van der Waals surface area contributed by atoms with Crippen molar-refractivity contribution in [1.82, 2.24) is 5.32 Å². The summed E-state index contributed by atoms with van der Waals surface area (Å²) in [6, 6.07) is 17.4. The van der Waals surface area contributed by atoms with Gasteiger partial charge in [0.15, 0.2) is 0 Å². The van der Waals surface area contributed by atoms with Crippen LogP contribution in [0.4, 0.5) is 11.4 Å². The van der Waals surface area contributed by atoms with Crippen LogP contribution in [-0.2, 0) is 0 Å². The van der Waals surface area contributed by atoms with Gasteiger partial charge in [-0.25, -0.2) is 0 Å². The Labute approximate surface area is 182 Å². The monoisotopic (exact) mass is 407 g/mol. The highest BCUT2D eigenvalue weighted by Crippen LogP contribution is 2.48. The molecule has 0 saturated carbocycles. The Morgan fingerprint density at radius 2 is 1.20 bits per heavy atom. The summed E-state index contributed by atoms with van der Waals surface area (Å²) >= 11 is 0. The molecule has 2 N–H and O–H groups in total. The number of nitrogens with zero attached hydrogens (tertiary/aromatic N) is 2. The first-order valence-electron chi connectivity index (χ1n) is 10.8. The number of rotatable bonds is 6. The molecule has 1 fully saturated rings. The molecule has 0 aromatic heterocycles. The second-order valence-electron chi connectivity index (χ2n) is 9.16. The van der Waals surface area contributed by atoms with E-state index in [0.717, 1.165) is 0 Å². The summed E-state index contributed by atoms with van der Waals surface area (Å²) in [5.41, 5.74) is 3.93. The SMILES string of the molecule is C=CCC1(O)[C@H](C)[C@H](c2ccc(N(C)C)cc2)N[C@@H](c2ccc(N(C)C)cc2)[C@@H]1C. The second kappa shape index (κ2) is 8.83. The minimum Gasteiger partial charge on any atom is -0.389 e. The van der Waals surface area contributed by atoms with Gasteiger partial charge in [0.05, 0.1) is 5.60 Å². The Balaban J connectivity index is 1.99. The quantitative estimate of drug-likeness (QED) is 0.676. The highest BCUT2D eigenvalue weighted by molar-refractivity contribution is 5.48. The van der Waals surface area contributed by atoms with E-state index >= 15 is 0 Å². The van der Waals surface area contributed by atoms with Crippen LogP contribution in [-0.4, -0.2) is 38.9 Å². The first-order chi connectivity index (χ1) is 14.2. The molecule has 1 aliphatic rings. The zero-order valence-corrected chi connectivity index (χ0v) is 19.3. The van der Waals surface area contributed by atoms with E-state index in [1.54, 1.807) is 0 Å². The van der Waals surface area contributed by atoms with Crippen molar-refractivity contribution in [3.05, 3.63) is 72.3 Å². The zero-order chi connectivity index (χ0) is 22.1. The van der Waals surface area contributed by atoms with Crippen LogP contribution in [0.3, 0.4) is 0 Å². The summed E-state index contributed by atoms with van der Waals surface area (Å²) in [7, 11) is 8.20. The molecule has 2 aromatic carbocycles. The van der Waals surface area contributed by atoms with Crippen molar-refractivity contribution in [2.24, 2.45) is 11.8 Å². The Morgan fingerprint density at radius 1 is 0.833 bits per heavy atom. The smallest absolute Gasteiger partial charge is 0.0768 e. The fourth-order valence-corrected chi connectivity index (χ4v) is 4.81. The number of piperidine rings is 1. The highest BCUT2D eigenvalue weighted by atomic mass is 16.3. The molecule has 1 unspecified atom stereocenters. The maximum absolute atomic E-state index is 11.8. The Hall–Kier alpha value is -2.30. The summed E-state index contributed by atoms with van der Waals surface area (Å²) in [5.74, 6) is 0.0982. The molecule has 0 radical (unpaired) electrons. The second-order valence-corrected chi connectivity index (χ2v) is 9.16. The third kappa shape index (κ3) is 4.12. The van der Waals surface area contributed by atoms with Crippen molar-refractivity contribution < 1.29 is 5.11 Å². The average Bonchev–Trinajstić information content (AvgIpc) is 2.73. The number of hydrogen-bond acceptors (Lipinski definition) is 4. The fourth-order valence-electron chi connectivity index (χ4n) is 4.81. The summed E-state index contributed by atoms with van der Waals surface area (Å²) in [5, 5.41) is 15.7. The molecule has 1 saturated heterocycles. The van der Waals surface area contributed by atoms with Crippen molar-refractivity contribution in [3.63, 3.8) is 0 Å². The number of nitrogens with one attached hydrogen (secondary N) is 1. The average molecular weight is 408 g/mol. The van der Waals surface area contributed by atoms with E-state index in [-0.39, 0.29) is 23.9 Å². The molecule has 30 heavy (non-hydrogen) atoms. The highest BCUT2D eigenvalue weighted by Gasteiger charge is 2.50. The molecule has 162 valence electrons. The van der Waals surface area contributed by atoms with E-state index in [1.165, 1.54) is 22.5 Å². The lowest BCUT2D eigenvalue weighted by atomic mass is 9.64. The van der Waals surface area contributed by atoms with Gasteiger partial charge in [0.1, 0.15) is 0 Å². The molecular weight excluding hydrogens is 370 g/mol. The number of anilines is 2. The van der Waals surface area contributed by atoms with Gasteiger partial charge in [-0.15, -0.1) is 6.58 Å². The van der Waals surface area contributed by atoms with Crippen molar-refractivity contribution in [3.8, 4) is 0 Å². The topological polar surface area (TPSA) is 38.7 Å². The third-order valence-corrected chi connectivity index (χ3v) is 6.94. The molecule has 5 atom stereocenters. The molecule has 0 spiro atoms. The van der Waals surface area contributed by atoms with Crippen LogP contribution in [0, 0.1) is 11.8 Å². The summed E-state index contributed by atoms with van der Waals surface area (Å²) in [6.45, 7) is 8.25. The molecule has 1 heterocycles. The number of hydrogen-bond donors (Lipinski definition) is 2. The van der Waals surface area contributed by atoms with Gasteiger partial charge in [-0.05, 0) is 41.8 Å². The molecule has 0 bridgehead atoms. The molecule has 0 amide bonds. The lowest BCUT2D eigenvalue weighted by Crippen LogP contribution is -2.57. The van der Waals surface area contributed by atoms with Gasteiger partial charge in [0, 0.05) is 63.5 Å². The van der Waals surface area contributed by atoms with Crippen molar-refractivity contribution >= 4 is 11.4 Å². The van der Waals surface area contributed by atoms with Gasteiger partial charge in [0.25, 0.3) is 0 Å². The molecule has 0 aliphatic carbocycles. The Bertz CT molecular complexity index is 778. The van der Waals surface area contributed by atoms with Crippen LogP contribution in [0.2, 0.25) is 0 Å². The minimum absolute atomic E-state index is 0.0491. The molecule has 3 rings (SSSR count). The van der Waals surface area contributed by atoms with Gasteiger partial charge in [-0.3, -0.25) is 0 Å². The van der Waals surface area contributed by atoms with Gasteiger partial charge in [-0.1, -0.05) is 44.2 Å². The molecule has 4 heteroatoms. The van der Waals surface area contributed by atoms with Gasteiger partial charge in [-0.2, -0.15) is 0 Å². The molecule has 2 aromatic rings. The maximum atomic E-state index is 11.8. The summed E-state index contributed by atoms with van der Waals surface area (Å²) in [4.78, 5) is 4.21. The van der Waals surface area contributed by atoms with Crippen LogP contribution in [0.1, 0.15) is 43.5 Å². The molecule has 4 nitrogen and oxygen atoms in total. The lowest BCUT2D eigenvalue weighted by molar-refractivity contribution is -0.108. The minimum atomic E-state index is -0.831. The maximum Gasteiger partial charge on any atom is 0.0768 e. The van der Waals surface area contributed by atoms with Crippen molar-refractivity contribution in [1.29, 1.82) is 0 Å². The molecule has 1 aliphatic heterocycles. The van der Waals surface area contributed by atoms with Gasteiger partial charge in [0.2, 0.25) is 0 Å². The van der Waals surface area contributed by atoms with E-state index in [0.29, 0.717) is 6.42 Å². The Morgan fingerprint density at radius 3 is 1.50 bits per heavy atom. The standard InChI is InChI=1S/C26H37N3O/c1-8-17-26(30)18(2)24(20-9-13-22(14-10-20)28(4)5)27-25(19(26)3)21-11-15-23(16-12-21)29(6)7/h8-16,18-19,24-25,27,30H,1,17H2,2-7H3/t18-,19+,24-,25-,26?/m1/s1. The van der Waals surface area contributed by atoms with E-state index in [9.17, 15) is 5.11 Å². The van der Waals surface area contributed by atoms with Crippen molar-refractivity contribution in [2.45, 2.75) is 38.0 Å². The van der Waals surface area contributed by atoms with Crippen LogP contribution >= 0.6 is 0 Å². The van der Waals surface area contributed by atoms with Gasteiger partial charge >= 0.3 is 0 Å². The van der Waals surface area contributed by atoms with E-state index < -0.39 is 5.60 Å².